The third-order valence-electron chi connectivity index (χ3n) is 7.72. The summed E-state index contributed by atoms with van der Waals surface area (Å²) in [5.41, 5.74) is -0.386. The molecule has 4 rings (SSSR count). The SMILES string of the molecule is [2H]C1CC2=[13CH][13C](=O)C[C@H]([2H])[C@]2(C)[C@H]2C(=O)C[C@]3(C)[C@H](C(=O)CO)CC[C@H]3[C@H]12. The second kappa shape index (κ2) is 5.60. The molecule has 4 aliphatic carbocycles. The summed E-state index contributed by atoms with van der Waals surface area (Å²) in [7, 11) is 0. The molecular formula is C21H28O4. The van der Waals surface area contributed by atoms with Crippen LogP contribution >= 0.6 is 0 Å². The van der Waals surface area contributed by atoms with Crippen molar-refractivity contribution in [1.82, 2.24) is 0 Å². The van der Waals surface area contributed by atoms with Gasteiger partial charge in [0.2, 0.25) is 0 Å². The minimum atomic E-state index is -0.687. The van der Waals surface area contributed by atoms with Crippen LogP contribution in [0, 0.1) is 34.5 Å². The Morgan fingerprint density at radius 3 is 2.80 bits per heavy atom. The van der Waals surface area contributed by atoms with Gasteiger partial charge in [-0.15, -0.1) is 0 Å². The number of carbonyl (C=O) groups excluding carboxylic acids is 3. The highest BCUT2D eigenvalue weighted by Crippen LogP contribution is 2.65. The molecule has 25 heavy (non-hydrogen) atoms. The number of fused-ring (bicyclic) bond motifs is 5. The van der Waals surface area contributed by atoms with Gasteiger partial charge >= 0.3 is 0 Å². The van der Waals surface area contributed by atoms with Crippen molar-refractivity contribution in [2.45, 2.75) is 58.7 Å². The van der Waals surface area contributed by atoms with E-state index in [0.717, 1.165) is 12.0 Å². The Labute approximate surface area is 151 Å². The number of hydrogen-bond donors (Lipinski definition) is 1. The van der Waals surface area contributed by atoms with Gasteiger partial charge in [0.1, 0.15) is 12.4 Å². The van der Waals surface area contributed by atoms with E-state index in [2.05, 4.69) is 0 Å². The van der Waals surface area contributed by atoms with E-state index >= 15 is 0 Å². The van der Waals surface area contributed by atoms with Crippen LogP contribution in [0.25, 0.3) is 0 Å². The summed E-state index contributed by atoms with van der Waals surface area (Å²) >= 11 is 0. The van der Waals surface area contributed by atoms with Crippen molar-refractivity contribution in [3.63, 3.8) is 0 Å². The van der Waals surface area contributed by atoms with Crippen molar-refractivity contribution in [3.8, 4) is 0 Å². The molecule has 8 atom stereocenters. The molecule has 3 fully saturated rings. The molecule has 4 nitrogen and oxygen atoms in total. The molecule has 3 saturated carbocycles. The van der Waals surface area contributed by atoms with E-state index < -0.39 is 36.1 Å². The first kappa shape index (κ1) is 14.8. The van der Waals surface area contributed by atoms with E-state index in [4.69, 9.17) is 2.74 Å². The minimum Gasteiger partial charge on any atom is -0.389 e. The second-order valence-electron chi connectivity index (χ2n) is 8.83. The van der Waals surface area contributed by atoms with Crippen LogP contribution < -0.4 is 0 Å². The second-order valence-corrected chi connectivity index (χ2v) is 8.83. The van der Waals surface area contributed by atoms with E-state index in [1.54, 1.807) is 6.08 Å². The van der Waals surface area contributed by atoms with Gasteiger partial charge in [-0.25, -0.2) is 0 Å². The van der Waals surface area contributed by atoms with E-state index in [0.29, 0.717) is 12.8 Å². The Hall–Kier alpha value is -1.29. The highest BCUT2D eigenvalue weighted by molar-refractivity contribution is 5.93. The van der Waals surface area contributed by atoms with Crippen LogP contribution in [0.5, 0.6) is 0 Å². The van der Waals surface area contributed by atoms with Gasteiger partial charge in [0, 0.05) is 27.4 Å². The summed E-state index contributed by atoms with van der Waals surface area (Å²) in [4.78, 5) is 37.7. The topological polar surface area (TPSA) is 71.4 Å². The number of Topliss-reactive ketones (excluding diaryl/α,β-unsaturated/α-hetero) is 2. The first-order chi connectivity index (χ1) is 12.6. The predicted octanol–water partition coefficient (Wildman–Crippen LogP) is 2.87. The van der Waals surface area contributed by atoms with Gasteiger partial charge in [-0.3, -0.25) is 14.4 Å². The largest absolute Gasteiger partial charge is 0.389 e. The molecule has 0 saturated heterocycles. The molecule has 0 heterocycles. The third kappa shape index (κ3) is 2.26. The lowest BCUT2D eigenvalue weighted by Crippen LogP contribution is -2.55. The van der Waals surface area contributed by atoms with Crippen LogP contribution in [0.2, 0.25) is 0 Å². The normalized spacial score (nSPS) is 53.2. The number of rotatable bonds is 2. The van der Waals surface area contributed by atoms with Crippen LogP contribution in [0.1, 0.15) is 61.5 Å². The molecule has 4 heteroatoms. The number of hydrogen-bond acceptors (Lipinski definition) is 4. The number of allylic oxidation sites excluding steroid dienone is 1. The Bertz CT molecular complexity index is 746. The molecular weight excluding hydrogens is 318 g/mol. The molecule has 0 bridgehead atoms. The fraction of sp³-hybridized carbons (Fsp3) is 0.762. The fourth-order valence-corrected chi connectivity index (χ4v) is 6.48. The third-order valence-corrected chi connectivity index (χ3v) is 7.72. The summed E-state index contributed by atoms with van der Waals surface area (Å²) in [5.74, 6) is -1.09. The van der Waals surface area contributed by atoms with E-state index in [1.807, 2.05) is 13.8 Å². The lowest BCUT2D eigenvalue weighted by Gasteiger charge is -2.56. The van der Waals surface area contributed by atoms with Crippen molar-refractivity contribution in [2.75, 3.05) is 6.61 Å². The van der Waals surface area contributed by atoms with Gasteiger partial charge < -0.3 is 5.11 Å². The first-order valence-electron chi connectivity index (χ1n) is 10.5. The fourth-order valence-electron chi connectivity index (χ4n) is 6.48. The standard InChI is InChI=1S/C21H28O4/c1-20-8-7-13(23)9-12(20)3-4-14-15-5-6-16(18(25)11-22)21(15,2)10-17(24)19(14)20/h9,14-16,19,22H,3-8,10-11H2,1-2H3/t14-,15-,16-,19+,20-,21-/m0/s1/i4D,8D,9+1,13+1/t4?,8-,14-,15-,16-,19+,20-,21-. The van der Waals surface area contributed by atoms with Crippen LogP contribution in [0.15, 0.2) is 11.6 Å². The summed E-state index contributed by atoms with van der Waals surface area (Å²) in [6, 6.07) is 0. The molecule has 0 amide bonds. The van der Waals surface area contributed by atoms with Crippen molar-refractivity contribution < 1.29 is 22.2 Å². The van der Waals surface area contributed by atoms with Gasteiger partial charge in [-0.1, -0.05) is 19.4 Å². The zero-order valence-electron chi connectivity index (χ0n) is 17.0. The highest BCUT2D eigenvalue weighted by Gasteiger charge is 2.62. The molecule has 0 aromatic carbocycles. The minimum absolute atomic E-state index is 0.0355. The van der Waals surface area contributed by atoms with E-state index in [9.17, 15) is 19.5 Å². The quantitative estimate of drug-likeness (QED) is 0.779. The van der Waals surface area contributed by atoms with Gasteiger partial charge in [0.05, 0.1) is 0 Å². The molecule has 0 radical (unpaired) electrons. The van der Waals surface area contributed by atoms with Crippen LogP contribution in [0.3, 0.4) is 0 Å². The van der Waals surface area contributed by atoms with E-state index in [1.165, 1.54) is 0 Å². The van der Waals surface area contributed by atoms with Crippen LogP contribution in [-0.2, 0) is 14.4 Å². The first-order valence-corrected chi connectivity index (χ1v) is 9.39. The van der Waals surface area contributed by atoms with Crippen molar-refractivity contribution in [1.29, 1.82) is 0 Å². The zero-order valence-corrected chi connectivity index (χ0v) is 15.0. The smallest absolute Gasteiger partial charge is 0.161 e. The Kier molecular flexibility index (Phi) is 3.32. The molecule has 0 aromatic heterocycles. The summed E-state index contributed by atoms with van der Waals surface area (Å²) in [6.45, 7) is 3.43. The maximum absolute atomic E-state index is 13.4. The molecule has 4 aliphatic rings. The van der Waals surface area contributed by atoms with Crippen molar-refractivity contribution in [2.24, 2.45) is 34.5 Å². The Morgan fingerprint density at radius 1 is 1.32 bits per heavy atom. The maximum Gasteiger partial charge on any atom is 0.161 e. The van der Waals surface area contributed by atoms with Gasteiger partial charge in [-0.2, -0.15) is 0 Å². The molecule has 1 unspecified atom stereocenters. The van der Waals surface area contributed by atoms with Gasteiger partial charge in [0.15, 0.2) is 11.6 Å². The Morgan fingerprint density at radius 2 is 2.08 bits per heavy atom. The molecule has 0 aliphatic heterocycles. The van der Waals surface area contributed by atoms with Gasteiger partial charge in [-0.05, 0) is 60.8 Å². The highest BCUT2D eigenvalue weighted by atomic mass is 16.3. The summed E-state index contributed by atoms with van der Waals surface area (Å²) in [5, 5.41) is 9.37. The van der Waals surface area contributed by atoms with Crippen LogP contribution in [0.4, 0.5) is 0 Å². The Balaban J connectivity index is 1.79. The predicted molar refractivity (Wildman–Crippen MR) is 92.7 cm³/mol. The maximum atomic E-state index is 13.4. The van der Waals surface area contributed by atoms with Crippen molar-refractivity contribution in [3.05, 3.63) is 11.6 Å². The summed E-state index contributed by atoms with van der Waals surface area (Å²) in [6.07, 6.45) is 2.71. The lowest BCUT2D eigenvalue weighted by molar-refractivity contribution is -0.149. The lowest BCUT2D eigenvalue weighted by atomic mass is 9.47. The zero-order chi connectivity index (χ0) is 19.7. The van der Waals surface area contributed by atoms with Gasteiger partial charge in [0.25, 0.3) is 0 Å². The number of aliphatic hydroxyl groups is 1. The average Bonchev–Trinajstić information content (AvgIpc) is 2.92. The van der Waals surface area contributed by atoms with Crippen LogP contribution in [-0.4, -0.2) is 29.1 Å². The van der Waals surface area contributed by atoms with E-state index in [-0.39, 0.29) is 47.9 Å². The average molecular weight is 348 g/mol. The molecule has 0 aromatic rings. The number of ketones is 3. The number of aliphatic hydroxyl groups excluding tert-OH is 1. The monoisotopic (exact) mass is 348 g/mol. The number of carbonyl (C=O) groups is 3. The summed E-state index contributed by atoms with van der Waals surface area (Å²) < 4.78 is 17.4. The molecule has 0 spiro atoms. The molecule has 1 N–H and O–H groups in total. The van der Waals surface area contributed by atoms with Crippen molar-refractivity contribution >= 4 is 17.3 Å². The molecule has 136 valence electrons.